The molecule has 1 aromatic heterocycles. The third-order valence-corrected chi connectivity index (χ3v) is 4.08. The van der Waals surface area contributed by atoms with Crippen molar-refractivity contribution in [3.05, 3.63) is 53.1 Å². The largest absolute Gasteiger partial charge is 0.457 e. The van der Waals surface area contributed by atoms with Gasteiger partial charge in [0.15, 0.2) is 6.61 Å². The van der Waals surface area contributed by atoms with E-state index in [1.54, 1.807) is 35.8 Å². The molecular weight excluding hydrogens is 297 g/mol. The minimum atomic E-state index is -0.353. The fourth-order valence-corrected chi connectivity index (χ4v) is 2.70. The van der Waals surface area contributed by atoms with Gasteiger partial charge in [-0.1, -0.05) is 12.1 Å². The number of aryl methyl sites for hydroxylation is 1. The molecule has 0 amide bonds. The highest BCUT2D eigenvalue weighted by molar-refractivity contribution is 5.99. The summed E-state index contributed by atoms with van der Waals surface area (Å²) < 4.78 is 20.8. The van der Waals surface area contributed by atoms with Crippen molar-refractivity contribution in [1.29, 1.82) is 0 Å². The van der Waals surface area contributed by atoms with E-state index in [1.807, 2.05) is 6.92 Å². The van der Waals surface area contributed by atoms with Crippen molar-refractivity contribution in [3.8, 4) is 5.69 Å². The second kappa shape index (κ2) is 5.99. The van der Waals surface area contributed by atoms with Gasteiger partial charge in [-0.3, -0.25) is 9.59 Å². The van der Waals surface area contributed by atoms with E-state index in [9.17, 15) is 14.0 Å². The van der Waals surface area contributed by atoms with Crippen molar-refractivity contribution in [2.45, 2.75) is 26.7 Å². The summed E-state index contributed by atoms with van der Waals surface area (Å²) in [6.07, 6.45) is 1.68. The summed E-state index contributed by atoms with van der Waals surface area (Å²) in [5.74, 6) is -0.960. The summed E-state index contributed by atoms with van der Waals surface area (Å²) in [5, 5.41) is 0. The van der Waals surface area contributed by atoms with Crippen LogP contribution in [-0.4, -0.2) is 22.9 Å². The van der Waals surface area contributed by atoms with E-state index in [0.29, 0.717) is 16.9 Å². The summed E-state index contributed by atoms with van der Waals surface area (Å²) in [4.78, 5) is 23.8. The smallest absolute Gasteiger partial charge is 0.309 e. The van der Waals surface area contributed by atoms with Gasteiger partial charge >= 0.3 is 5.97 Å². The number of hydrogen-bond donors (Lipinski definition) is 0. The van der Waals surface area contributed by atoms with Crippen LogP contribution in [-0.2, 0) is 9.53 Å². The Morgan fingerprint density at radius 1 is 1.26 bits per heavy atom. The first-order valence-electron chi connectivity index (χ1n) is 7.62. The third kappa shape index (κ3) is 3.04. The lowest BCUT2D eigenvalue weighted by Crippen LogP contribution is -2.15. The summed E-state index contributed by atoms with van der Waals surface area (Å²) in [6.45, 7) is 3.30. The quantitative estimate of drug-likeness (QED) is 0.628. The van der Waals surface area contributed by atoms with Crippen LogP contribution in [0.4, 0.5) is 4.39 Å². The van der Waals surface area contributed by atoms with Gasteiger partial charge in [0.25, 0.3) is 0 Å². The van der Waals surface area contributed by atoms with Gasteiger partial charge in [0.2, 0.25) is 5.78 Å². The molecule has 1 aliphatic rings. The van der Waals surface area contributed by atoms with E-state index in [2.05, 4.69) is 0 Å². The van der Waals surface area contributed by atoms with Crippen LogP contribution in [0.3, 0.4) is 0 Å². The molecule has 120 valence electrons. The molecule has 0 aliphatic heterocycles. The molecule has 3 rings (SSSR count). The SMILES string of the molecule is Cc1cc(C(=O)COC(=O)C2CC2)c(C)n1-c1ccccc1F. The molecule has 1 fully saturated rings. The average Bonchev–Trinajstić information content (AvgIpc) is 3.32. The van der Waals surface area contributed by atoms with Crippen molar-refractivity contribution in [3.63, 3.8) is 0 Å². The highest BCUT2D eigenvalue weighted by Crippen LogP contribution is 2.30. The van der Waals surface area contributed by atoms with Crippen molar-refractivity contribution >= 4 is 11.8 Å². The number of halogens is 1. The van der Waals surface area contributed by atoms with Crippen molar-refractivity contribution in [1.82, 2.24) is 4.57 Å². The standard InChI is InChI=1S/C18H18FNO3/c1-11-9-14(17(21)10-23-18(22)13-7-8-13)12(2)20(11)16-6-4-3-5-15(16)19/h3-6,9,13H,7-8,10H2,1-2H3. The monoisotopic (exact) mass is 315 g/mol. The van der Waals surface area contributed by atoms with Gasteiger partial charge in [-0.2, -0.15) is 0 Å². The minimum absolute atomic E-state index is 0.0337. The Labute approximate surface area is 133 Å². The Morgan fingerprint density at radius 3 is 2.61 bits per heavy atom. The zero-order valence-electron chi connectivity index (χ0n) is 13.1. The molecule has 0 unspecified atom stereocenters. The normalized spacial score (nSPS) is 13.9. The number of esters is 1. The molecule has 0 saturated heterocycles. The molecular formula is C18H18FNO3. The van der Waals surface area contributed by atoms with Crippen molar-refractivity contribution in [2.24, 2.45) is 5.92 Å². The number of Topliss-reactive ketones (excluding diaryl/α,β-unsaturated/α-hetero) is 1. The van der Waals surface area contributed by atoms with Gasteiger partial charge in [-0.15, -0.1) is 0 Å². The lowest BCUT2D eigenvalue weighted by molar-refractivity contribution is -0.144. The maximum absolute atomic E-state index is 14.0. The molecule has 0 spiro atoms. The van der Waals surface area contributed by atoms with Crippen LogP contribution in [0.15, 0.2) is 30.3 Å². The topological polar surface area (TPSA) is 48.3 Å². The van der Waals surface area contributed by atoms with Gasteiger partial charge in [-0.05, 0) is 44.9 Å². The molecule has 4 nitrogen and oxygen atoms in total. The number of ketones is 1. The second-order valence-corrected chi connectivity index (χ2v) is 5.88. The molecule has 23 heavy (non-hydrogen) atoms. The molecule has 1 aliphatic carbocycles. The number of nitrogens with zero attached hydrogens (tertiary/aromatic N) is 1. The molecule has 1 heterocycles. The number of rotatable bonds is 5. The highest BCUT2D eigenvalue weighted by Gasteiger charge is 2.31. The van der Waals surface area contributed by atoms with Crippen LogP contribution < -0.4 is 0 Å². The van der Waals surface area contributed by atoms with Crippen LogP contribution in [0.1, 0.15) is 34.6 Å². The van der Waals surface area contributed by atoms with Gasteiger partial charge in [-0.25, -0.2) is 4.39 Å². The fraction of sp³-hybridized carbons (Fsp3) is 0.333. The van der Waals surface area contributed by atoms with Gasteiger partial charge in [0.05, 0.1) is 11.6 Å². The van der Waals surface area contributed by atoms with E-state index in [-0.39, 0.29) is 30.1 Å². The maximum Gasteiger partial charge on any atom is 0.309 e. The predicted octanol–water partition coefficient (Wildman–Crippen LogP) is 3.37. The van der Waals surface area contributed by atoms with Crippen LogP contribution in [0.2, 0.25) is 0 Å². The van der Waals surface area contributed by atoms with Crippen molar-refractivity contribution < 1.29 is 18.7 Å². The Bertz CT molecular complexity index is 775. The Kier molecular flexibility index (Phi) is 4.03. The van der Waals surface area contributed by atoms with Gasteiger partial charge < -0.3 is 9.30 Å². The number of carbonyl (C=O) groups is 2. The summed E-state index contributed by atoms with van der Waals surface area (Å²) >= 11 is 0. The molecule has 1 saturated carbocycles. The lowest BCUT2D eigenvalue weighted by Gasteiger charge is -2.10. The number of hydrogen-bond acceptors (Lipinski definition) is 3. The minimum Gasteiger partial charge on any atom is -0.457 e. The van der Waals surface area contributed by atoms with Crippen LogP contribution in [0, 0.1) is 25.6 Å². The molecule has 0 atom stereocenters. The van der Waals surface area contributed by atoms with E-state index < -0.39 is 0 Å². The van der Waals surface area contributed by atoms with Gasteiger partial charge in [0.1, 0.15) is 5.82 Å². The first-order valence-corrected chi connectivity index (χ1v) is 7.62. The zero-order chi connectivity index (χ0) is 16.6. The number of benzene rings is 1. The fourth-order valence-electron chi connectivity index (χ4n) is 2.70. The van der Waals surface area contributed by atoms with E-state index in [1.165, 1.54) is 6.07 Å². The molecule has 0 radical (unpaired) electrons. The highest BCUT2D eigenvalue weighted by atomic mass is 19.1. The number of aromatic nitrogens is 1. The Hall–Kier alpha value is -2.43. The molecule has 2 aromatic rings. The van der Waals surface area contributed by atoms with E-state index in [4.69, 9.17) is 4.74 Å². The van der Waals surface area contributed by atoms with Crippen molar-refractivity contribution in [2.75, 3.05) is 6.61 Å². The number of carbonyl (C=O) groups excluding carboxylic acids is 2. The maximum atomic E-state index is 14.0. The van der Waals surface area contributed by atoms with E-state index in [0.717, 1.165) is 18.5 Å². The van der Waals surface area contributed by atoms with Gasteiger partial charge in [0, 0.05) is 17.0 Å². The number of para-hydroxylation sites is 1. The molecule has 0 N–H and O–H groups in total. The Morgan fingerprint density at radius 2 is 1.96 bits per heavy atom. The lowest BCUT2D eigenvalue weighted by atomic mass is 10.1. The second-order valence-electron chi connectivity index (χ2n) is 5.88. The summed E-state index contributed by atoms with van der Waals surface area (Å²) in [7, 11) is 0. The van der Waals surface area contributed by atoms with Crippen LogP contribution >= 0.6 is 0 Å². The predicted molar refractivity (Wildman–Crippen MR) is 83.2 cm³/mol. The van der Waals surface area contributed by atoms with Crippen LogP contribution in [0.5, 0.6) is 0 Å². The summed E-state index contributed by atoms with van der Waals surface area (Å²) in [5.41, 5.74) is 2.25. The Balaban J connectivity index is 1.84. The number of ether oxygens (including phenoxy) is 1. The molecule has 0 bridgehead atoms. The molecule has 1 aromatic carbocycles. The van der Waals surface area contributed by atoms with Crippen LogP contribution in [0.25, 0.3) is 5.69 Å². The zero-order valence-corrected chi connectivity index (χ0v) is 13.1. The average molecular weight is 315 g/mol. The van der Waals surface area contributed by atoms with E-state index >= 15 is 0 Å². The first kappa shape index (κ1) is 15.5. The molecule has 5 heteroatoms. The third-order valence-electron chi connectivity index (χ3n) is 4.08. The summed E-state index contributed by atoms with van der Waals surface area (Å²) in [6, 6.07) is 8.12. The first-order chi connectivity index (χ1) is 11.0.